The zero-order valence-electron chi connectivity index (χ0n) is 10.4. The summed E-state index contributed by atoms with van der Waals surface area (Å²) in [6, 6.07) is 7.62. The highest BCUT2D eigenvalue weighted by Crippen LogP contribution is 2.23. The van der Waals surface area contributed by atoms with Crippen LogP contribution in [0.4, 0.5) is 0 Å². The first kappa shape index (κ1) is 14.0. The van der Waals surface area contributed by atoms with E-state index in [1.165, 1.54) is 0 Å². The number of rotatable bonds is 6. The topological polar surface area (TPSA) is 88.1 Å². The van der Waals surface area contributed by atoms with Crippen molar-refractivity contribution in [3.8, 4) is 11.8 Å². The number of amides is 1. The number of carbonyl (C=O) groups excluding carboxylic acids is 1. The van der Waals surface area contributed by atoms with Crippen molar-refractivity contribution in [2.24, 2.45) is 5.73 Å². The Balaban J connectivity index is 2.66. The molecule has 18 heavy (non-hydrogen) atoms. The van der Waals surface area contributed by atoms with Gasteiger partial charge in [0.05, 0.1) is 6.07 Å². The molecule has 0 aromatic heterocycles. The van der Waals surface area contributed by atoms with Crippen LogP contribution in [0.2, 0.25) is 0 Å². The average molecular weight is 247 g/mol. The Morgan fingerprint density at radius 2 is 2.33 bits per heavy atom. The summed E-state index contributed by atoms with van der Waals surface area (Å²) in [7, 11) is 0. The molecule has 1 rings (SSSR count). The molecule has 0 atom stereocenters. The summed E-state index contributed by atoms with van der Waals surface area (Å²) >= 11 is 0. The number of benzene rings is 1. The zero-order valence-corrected chi connectivity index (χ0v) is 10.4. The van der Waals surface area contributed by atoms with Gasteiger partial charge in [0.2, 0.25) is 0 Å². The molecule has 1 amide bonds. The van der Waals surface area contributed by atoms with Crippen molar-refractivity contribution >= 4 is 5.91 Å². The summed E-state index contributed by atoms with van der Waals surface area (Å²) in [6.45, 7) is 2.35. The second-order valence-electron chi connectivity index (χ2n) is 3.83. The van der Waals surface area contributed by atoms with Crippen molar-refractivity contribution in [2.45, 2.75) is 13.3 Å². The van der Waals surface area contributed by atoms with E-state index < -0.39 is 0 Å². The van der Waals surface area contributed by atoms with E-state index in [0.717, 1.165) is 11.1 Å². The average Bonchev–Trinajstić information content (AvgIpc) is 2.36. The Hall–Kier alpha value is -2.06. The minimum Gasteiger partial charge on any atom is -0.483 e. The van der Waals surface area contributed by atoms with E-state index in [4.69, 9.17) is 15.7 Å². The molecular formula is C13H17N3O2. The van der Waals surface area contributed by atoms with Crippen molar-refractivity contribution in [2.75, 3.05) is 19.7 Å². The SMILES string of the molecule is Cc1cccc(CCN)c1OCC(=O)NCC#N. The number of carbonyl (C=O) groups is 1. The normalized spacial score (nSPS) is 9.61. The van der Waals surface area contributed by atoms with Gasteiger partial charge in [0.15, 0.2) is 6.61 Å². The molecule has 5 nitrogen and oxygen atoms in total. The maximum Gasteiger partial charge on any atom is 0.258 e. The second kappa shape index (κ2) is 7.30. The maximum atomic E-state index is 11.3. The van der Waals surface area contributed by atoms with Crippen molar-refractivity contribution < 1.29 is 9.53 Å². The molecule has 0 saturated heterocycles. The number of para-hydroxylation sites is 1. The number of nitrogens with one attached hydrogen (secondary N) is 1. The molecule has 0 aliphatic carbocycles. The van der Waals surface area contributed by atoms with E-state index in [2.05, 4.69) is 5.32 Å². The number of nitrogens with two attached hydrogens (primary N) is 1. The van der Waals surface area contributed by atoms with Crippen LogP contribution in [0.5, 0.6) is 5.75 Å². The third-order valence-electron chi connectivity index (χ3n) is 2.42. The first-order valence-corrected chi connectivity index (χ1v) is 5.74. The molecule has 0 heterocycles. The monoisotopic (exact) mass is 247 g/mol. The van der Waals surface area contributed by atoms with Gasteiger partial charge in [-0.15, -0.1) is 0 Å². The predicted octanol–water partition coefficient (Wildman–Crippen LogP) is 0.515. The van der Waals surface area contributed by atoms with Gasteiger partial charge in [0, 0.05) is 0 Å². The molecule has 5 heteroatoms. The van der Waals surface area contributed by atoms with Crippen LogP contribution in [0.1, 0.15) is 11.1 Å². The number of hydrogen-bond donors (Lipinski definition) is 2. The number of ether oxygens (including phenoxy) is 1. The van der Waals surface area contributed by atoms with Gasteiger partial charge >= 0.3 is 0 Å². The van der Waals surface area contributed by atoms with Gasteiger partial charge in [0.25, 0.3) is 5.91 Å². The Kier molecular flexibility index (Phi) is 5.68. The van der Waals surface area contributed by atoms with E-state index in [0.29, 0.717) is 18.7 Å². The molecule has 0 saturated carbocycles. The molecule has 0 radical (unpaired) electrons. The summed E-state index contributed by atoms with van der Waals surface area (Å²) in [5.74, 6) is 0.397. The Morgan fingerprint density at radius 1 is 1.56 bits per heavy atom. The van der Waals surface area contributed by atoms with Crippen LogP contribution in [-0.4, -0.2) is 25.6 Å². The lowest BCUT2D eigenvalue weighted by Gasteiger charge is -2.13. The van der Waals surface area contributed by atoms with Crippen molar-refractivity contribution in [3.05, 3.63) is 29.3 Å². The van der Waals surface area contributed by atoms with Crippen LogP contribution in [-0.2, 0) is 11.2 Å². The molecule has 0 aliphatic rings. The fourth-order valence-electron chi connectivity index (χ4n) is 1.60. The number of aryl methyl sites for hydroxylation is 1. The molecular weight excluding hydrogens is 230 g/mol. The van der Waals surface area contributed by atoms with E-state index >= 15 is 0 Å². The first-order chi connectivity index (χ1) is 8.69. The largest absolute Gasteiger partial charge is 0.483 e. The maximum absolute atomic E-state index is 11.3. The molecule has 0 fully saturated rings. The third-order valence-corrected chi connectivity index (χ3v) is 2.42. The second-order valence-corrected chi connectivity index (χ2v) is 3.83. The lowest BCUT2D eigenvalue weighted by molar-refractivity contribution is -0.122. The van der Waals surface area contributed by atoms with Gasteiger partial charge in [-0.3, -0.25) is 4.79 Å². The quantitative estimate of drug-likeness (QED) is 0.717. The van der Waals surface area contributed by atoms with Crippen LogP contribution in [0.15, 0.2) is 18.2 Å². The molecule has 0 spiro atoms. The third kappa shape index (κ3) is 4.07. The Morgan fingerprint density at radius 3 is 3.00 bits per heavy atom. The van der Waals surface area contributed by atoms with E-state index in [1.54, 1.807) is 0 Å². The summed E-state index contributed by atoms with van der Waals surface area (Å²) in [4.78, 5) is 11.3. The molecule has 0 unspecified atom stereocenters. The van der Waals surface area contributed by atoms with Gasteiger partial charge in [-0.1, -0.05) is 18.2 Å². The fraction of sp³-hybridized carbons (Fsp3) is 0.385. The minimum atomic E-state index is -0.307. The predicted molar refractivity (Wildman–Crippen MR) is 68.1 cm³/mol. The van der Waals surface area contributed by atoms with Crippen LogP contribution in [0, 0.1) is 18.3 Å². The molecule has 0 bridgehead atoms. The number of hydrogen-bond acceptors (Lipinski definition) is 4. The van der Waals surface area contributed by atoms with Gasteiger partial charge in [-0.2, -0.15) is 5.26 Å². The fourth-order valence-corrected chi connectivity index (χ4v) is 1.60. The molecule has 1 aromatic rings. The molecule has 3 N–H and O–H groups in total. The van der Waals surface area contributed by atoms with E-state index in [1.807, 2.05) is 31.2 Å². The smallest absolute Gasteiger partial charge is 0.258 e. The van der Waals surface area contributed by atoms with E-state index in [9.17, 15) is 4.79 Å². The van der Waals surface area contributed by atoms with Crippen LogP contribution >= 0.6 is 0 Å². The first-order valence-electron chi connectivity index (χ1n) is 5.74. The van der Waals surface area contributed by atoms with Crippen LogP contribution in [0.3, 0.4) is 0 Å². The molecule has 1 aromatic carbocycles. The van der Waals surface area contributed by atoms with Gasteiger partial charge in [0.1, 0.15) is 12.3 Å². The van der Waals surface area contributed by atoms with Crippen molar-refractivity contribution in [3.63, 3.8) is 0 Å². The summed E-state index contributed by atoms with van der Waals surface area (Å²) in [5, 5.41) is 10.8. The highest BCUT2D eigenvalue weighted by Gasteiger charge is 2.08. The molecule has 96 valence electrons. The summed E-state index contributed by atoms with van der Waals surface area (Å²) in [5.41, 5.74) is 7.49. The molecule has 0 aliphatic heterocycles. The summed E-state index contributed by atoms with van der Waals surface area (Å²) in [6.07, 6.45) is 0.705. The van der Waals surface area contributed by atoms with E-state index in [-0.39, 0.29) is 19.1 Å². The Bertz CT molecular complexity index is 452. The number of nitriles is 1. The van der Waals surface area contributed by atoms with Gasteiger partial charge in [-0.25, -0.2) is 0 Å². The number of nitrogens with zero attached hydrogens (tertiary/aromatic N) is 1. The standard InChI is InChI=1S/C13H17N3O2/c1-10-3-2-4-11(5-6-14)13(10)18-9-12(17)16-8-7-15/h2-4H,5-6,8-9,14H2,1H3,(H,16,17). The zero-order chi connectivity index (χ0) is 13.4. The van der Waals surface area contributed by atoms with Crippen molar-refractivity contribution in [1.82, 2.24) is 5.32 Å². The highest BCUT2D eigenvalue weighted by molar-refractivity contribution is 5.77. The summed E-state index contributed by atoms with van der Waals surface area (Å²) < 4.78 is 5.50. The Labute approximate surface area is 107 Å². The van der Waals surface area contributed by atoms with Crippen LogP contribution < -0.4 is 15.8 Å². The van der Waals surface area contributed by atoms with Crippen LogP contribution in [0.25, 0.3) is 0 Å². The van der Waals surface area contributed by atoms with Gasteiger partial charge in [-0.05, 0) is 31.0 Å². The lowest BCUT2D eigenvalue weighted by atomic mass is 10.1. The lowest BCUT2D eigenvalue weighted by Crippen LogP contribution is -2.29. The van der Waals surface area contributed by atoms with Crippen molar-refractivity contribution in [1.29, 1.82) is 5.26 Å². The van der Waals surface area contributed by atoms with Gasteiger partial charge < -0.3 is 15.8 Å². The highest BCUT2D eigenvalue weighted by atomic mass is 16.5. The minimum absolute atomic E-state index is 0.00831.